The number of nitrogens with zero attached hydrogens (tertiary/aromatic N) is 1. The van der Waals surface area contributed by atoms with Crippen molar-refractivity contribution in [2.24, 2.45) is 5.92 Å². The summed E-state index contributed by atoms with van der Waals surface area (Å²) >= 11 is 0. The van der Waals surface area contributed by atoms with Gasteiger partial charge >= 0.3 is 5.97 Å². The smallest absolute Gasteiger partial charge is 0.303 e. The van der Waals surface area contributed by atoms with Gasteiger partial charge in [0.05, 0.1) is 11.6 Å². The average Bonchev–Trinajstić information content (AvgIpc) is 3.47. The van der Waals surface area contributed by atoms with Gasteiger partial charge in [0, 0.05) is 36.1 Å². The van der Waals surface area contributed by atoms with E-state index in [-0.39, 0.29) is 35.0 Å². The number of fused-ring (bicyclic) bond motifs is 2. The molecule has 2 aliphatic carbocycles. The molecule has 2 unspecified atom stereocenters. The first-order chi connectivity index (χ1) is 16.1. The molecule has 0 saturated heterocycles. The Balaban J connectivity index is 1.59. The first-order valence-electron chi connectivity index (χ1n) is 11.5. The third-order valence-electron chi connectivity index (χ3n) is 7.26. The SMILES string of the molecule is CNC(=O)c1ccc2c(c1)C1(CC1C(=O)Nc1cc(C#N)ccc1CCCC(=O)O)CC2(C)C. The number of hydrogen-bond acceptors (Lipinski definition) is 4. The fourth-order valence-electron chi connectivity index (χ4n) is 5.58. The second-order valence-electron chi connectivity index (χ2n) is 10.0. The molecule has 2 aromatic rings. The van der Waals surface area contributed by atoms with Gasteiger partial charge in [0.2, 0.25) is 5.91 Å². The highest BCUT2D eigenvalue weighted by Gasteiger charge is 2.65. The summed E-state index contributed by atoms with van der Waals surface area (Å²) in [6.07, 6.45) is 2.52. The van der Waals surface area contributed by atoms with E-state index < -0.39 is 5.97 Å². The van der Waals surface area contributed by atoms with Crippen molar-refractivity contribution in [2.75, 3.05) is 12.4 Å². The molecule has 2 aromatic carbocycles. The molecule has 7 nitrogen and oxygen atoms in total. The molecule has 2 atom stereocenters. The van der Waals surface area contributed by atoms with Gasteiger partial charge in [0.15, 0.2) is 0 Å². The van der Waals surface area contributed by atoms with Gasteiger partial charge in [-0.1, -0.05) is 26.0 Å². The number of amides is 2. The maximum Gasteiger partial charge on any atom is 0.303 e. The van der Waals surface area contributed by atoms with Crippen molar-refractivity contribution in [1.82, 2.24) is 5.32 Å². The molecule has 0 heterocycles. The molecule has 7 heteroatoms. The van der Waals surface area contributed by atoms with E-state index in [0.717, 1.165) is 17.5 Å². The number of carboxylic acid groups (broad SMARTS) is 1. The lowest BCUT2D eigenvalue weighted by Crippen LogP contribution is -2.22. The molecule has 1 fully saturated rings. The lowest BCUT2D eigenvalue weighted by Gasteiger charge is -2.19. The van der Waals surface area contributed by atoms with Crippen molar-refractivity contribution in [1.29, 1.82) is 5.26 Å². The van der Waals surface area contributed by atoms with Crippen molar-refractivity contribution < 1.29 is 19.5 Å². The zero-order valence-corrected chi connectivity index (χ0v) is 19.7. The van der Waals surface area contributed by atoms with E-state index in [1.807, 2.05) is 18.2 Å². The number of anilines is 1. The van der Waals surface area contributed by atoms with E-state index in [1.54, 1.807) is 25.2 Å². The summed E-state index contributed by atoms with van der Waals surface area (Å²) in [5.41, 5.74) is 4.25. The highest BCUT2D eigenvalue weighted by molar-refractivity contribution is 5.98. The van der Waals surface area contributed by atoms with Crippen LogP contribution >= 0.6 is 0 Å². The Morgan fingerprint density at radius 3 is 2.59 bits per heavy atom. The van der Waals surface area contributed by atoms with E-state index in [2.05, 4.69) is 30.6 Å². The van der Waals surface area contributed by atoms with Crippen LogP contribution in [0.2, 0.25) is 0 Å². The summed E-state index contributed by atoms with van der Waals surface area (Å²) < 4.78 is 0. The van der Waals surface area contributed by atoms with Crippen molar-refractivity contribution in [3.63, 3.8) is 0 Å². The highest BCUT2D eigenvalue weighted by Crippen LogP contribution is 2.66. The second-order valence-corrected chi connectivity index (χ2v) is 10.0. The fraction of sp³-hybridized carbons (Fsp3) is 0.407. The summed E-state index contributed by atoms with van der Waals surface area (Å²) in [5, 5.41) is 23.9. The van der Waals surface area contributed by atoms with Gasteiger partial charge in [-0.05, 0) is 72.1 Å². The number of aliphatic carboxylic acids is 1. The number of carboxylic acids is 1. The average molecular weight is 460 g/mol. The Kier molecular flexibility index (Phi) is 5.94. The molecule has 2 aliphatic rings. The van der Waals surface area contributed by atoms with Crippen LogP contribution in [0.3, 0.4) is 0 Å². The van der Waals surface area contributed by atoms with E-state index in [0.29, 0.717) is 36.1 Å². The topological polar surface area (TPSA) is 119 Å². The number of nitriles is 1. The minimum atomic E-state index is -0.863. The van der Waals surface area contributed by atoms with Crippen LogP contribution in [0.4, 0.5) is 5.69 Å². The Bertz CT molecular complexity index is 1230. The maximum absolute atomic E-state index is 13.4. The highest BCUT2D eigenvalue weighted by atomic mass is 16.4. The normalized spacial score (nSPS) is 21.4. The molecule has 2 amide bonds. The zero-order valence-electron chi connectivity index (χ0n) is 19.7. The minimum Gasteiger partial charge on any atom is -0.481 e. The maximum atomic E-state index is 13.4. The fourth-order valence-corrected chi connectivity index (χ4v) is 5.58. The molecule has 1 spiro atoms. The van der Waals surface area contributed by atoms with E-state index in [1.165, 1.54) is 5.56 Å². The third kappa shape index (κ3) is 4.16. The van der Waals surface area contributed by atoms with Gasteiger partial charge in [0.1, 0.15) is 0 Å². The Labute approximate surface area is 199 Å². The van der Waals surface area contributed by atoms with Gasteiger partial charge < -0.3 is 15.7 Å². The molecule has 3 N–H and O–H groups in total. The number of carbonyl (C=O) groups excluding carboxylic acids is 2. The molecular weight excluding hydrogens is 430 g/mol. The number of benzene rings is 2. The van der Waals surface area contributed by atoms with Crippen LogP contribution < -0.4 is 10.6 Å². The zero-order chi connectivity index (χ0) is 24.7. The van der Waals surface area contributed by atoms with Gasteiger partial charge in [-0.3, -0.25) is 14.4 Å². The summed E-state index contributed by atoms with van der Waals surface area (Å²) in [6, 6.07) is 13.0. The third-order valence-corrected chi connectivity index (χ3v) is 7.26. The largest absolute Gasteiger partial charge is 0.481 e. The molecule has 34 heavy (non-hydrogen) atoms. The van der Waals surface area contributed by atoms with Gasteiger partial charge in [-0.15, -0.1) is 0 Å². The molecule has 0 aromatic heterocycles. The van der Waals surface area contributed by atoms with E-state index >= 15 is 0 Å². The van der Waals surface area contributed by atoms with E-state index in [4.69, 9.17) is 5.11 Å². The first-order valence-corrected chi connectivity index (χ1v) is 11.5. The van der Waals surface area contributed by atoms with Crippen LogP contribution in [-0.4, -0.2) is 29.9 Å². The quantitative estimate of drug-likeness (QED) is 0.580. The van der Waals surface area contributed by atoms with Crippen LogP contribution in [0.15, 0.2) is 36.4 Å². The number of nitrogens with one attached hydrogen (secondary N) is 2. The van der Waals surface area contributed by atoms with Crippen molar-refractivity contribution in [2.45, 2.75) is 56.8 Å². The summed E-state index contributed by atoms with van der Waals surface area (Å²) in [6.45, 7) is 4.34. The van der Waals surface area contributed by atoms with Crippen LogP contribution in [-0.2, 0) is 26.8 Å². The number of carbonyl (C=O) groups is 3. The van der Waals surface area contributed by atoms with Gasteiger partial charge in [-0.2, -0.15) is 5.26 Å². The first kappa shape index (κ1) is 23.5. The lowest BCUT2D eigenvalue weighted by molar-refractivity contribution is -0.137. The van der Waals surface area contributed by atoms with Crippen LogP contribution in [0.25, 0.3) is 0 Å². The molecular formula is C27H29N3O4. The minimum absolute atomic E-state index is 0.0403. The van der Waals surface area contributed by atoms with Crippen molar-refractivity contribution in [3.8, 4) is 6.07 Å². The van der Waals surface area contributed by atoms with E-state index in [9.17, 15) is 19.6 Å². The predicted octanol–water partition coefficient (Wildman–Crippen LogP) is 3.90. The van der Waals surface area contributed by atoms with Crippen molar-refractivity contribution in [3.05, 3.63) is 64.2 Å². The molecule has 1 saturated carbocycles. The lowest BCUT2D eigenvalue weighted by atomic mass is 9.85. The molecule has 0 aliphatic heterocycles. The molecule has 0 bridgehead atoms. The Morgan fingerprint density at radius 2 is 1.91 bits per heavy atom. The number of aryl methyl sites for hydroxylation is 1. The standard InChI is InChI=1S/C27H29N3O4/c1-26(2)15-27(20-12-18(24(33)29-3)9-10-19(20)26)13-21(27)25(34)30-22-11-16(14-28)7-8-17(22)5-4-6-23(31)32/h7-12,21H,4-6,13,15H2,1-3H3,(H,29,33)(H,30,34)(H,31,32). The summed E-state index contributed by atoms with van der Waals surface area (Å²) in [5.74, 6) is -1.35. The summed E-state index contributed by atoms with van der Waals surface area (Å²) in [7, 11) is 1.60. The number of rotatable bonds is 7. The van der Waals surface area contributed by atoms with Crippen LogP contribution in [0.5, 0.6) is 0 Å². The second kappa shape index (κ2) is 8.60. The van der Waals surface area contributed by atoms with Crippen molar-refractivity contribution >= 4 is 23.5 Å². The Morgan fingerprint density at radius 1 is 1.15 bits per heavy atom. The molecule has 4 rings (SSSR count). The number of hydrogen-bond donors (Lipinski definition) is 3. The molecule has 0 radical (unpaired) electrons. The Hall–Kier alpha value is -3.66. The van der Waals surface area contributed by atoms with Crippen LogP contribution in [0, 0.1) is 17.2 Å². The monoisotopic (exact) mass is 459 g/mol. The summed E-state index contributed by atoms with van der Waals surface area (Å²) in [4.78, 5) is 36.5. The van der Waals surface area contributed by atoms with Crippen LogP contribution in [0.1, 0.15) is 72.1 Å². The predicted molar refractivity (Wildman–Crippen MR) is 128 cm³/mol. The molecule has 176 valence electrons. The van der Waals surface area contributed by atoms with Gasteiger partial charge in [-0.25, -0.2) is 0 Å². The van der Waals surface area contributed by atoms with Gasteiger partial charge in [0.25, 0.3) is 5.91 Å².